The molecule has 22 heavy (non-hydrogen) atoms. The van der Waals surface area contributed by atoms with Gasteiger partial charge in [-0.25, -0.2) is 4.98 Å². The number of amides is 1. The van der Waals surface area contributed by atoms with Crippen LogP contribution in [-0.2, 0) is 6.54 Å². The van der Waals surface area contributed by atoms with E-state index in [1.807, 2.05) is 18.2 Å². The average Bonchev–Trinajstić information content (AvgIpc) is 2.82. The van der Waals surface area contributed by atoms with Crippen LogP contribution in [0.4, 0.5) is 0 Å². The lowest BCUT2D eigenvalue weighted by atomic mass is 10.1. The molecule has 6 heteroatoms. The Morgan fingerprint density at radius 1 is 1.32 bits per heavy atom. The number of imidazole rings is 1. The van der Waals surface area contributed by atoms with Gasteiger partial charge in [0.2, 0.25) is 0 Å². The highest BCUT2D eigenvalue weighted by Gasteiger charge is 2.15. The maximum atomic E-state index is 12.0. The first-order valence-corrected chi connectivity index (χ1v) is 6.65. The van der Waals surface area contributed by atoms with Crippen LogP contribution in [0.3, 0.4) is 0 Å². The van der Waals surface area contributed by atoms with E-state index in [0.717, 1.165) is 5.56 Å². The molecule has 0 aliphatic heterocycles. The molecule has 0 aliphatic carbocycles. The molecule has 0 fully saturated rings. The molecule has 0 spiro atoms. The summed E-state index contributed by atoms with van der Waals surface area (Å²) in [6.07, 6.45) is 0. The minimum absolute atomic E-state index is 0.0811. The molecule has 1 aromatic carbocycles. The van der Waals surface area contributed by atoms with Crippen LogP contribution in [0.2, 0.25) is 0 Å². The van der Waals surface area contributed by atoms with E-state index >= 15 is 0 Å². The molecule has 2 aromatic rings. The van der Waals surface area contributed by atoms with Crippen molar-refractivity contribution in [3.8, 4) is 12.1 Å². The molecule has 110 valence electrons. The van der Waals surface area contributed by atoms with Gasteiger partial charge in [-0.3, -0.25) is 4.79 Å². The van der Waals surface area contributed by atoms with Crippen molar-refractivity contribution in [2.45, 2.75) is 13.5 Å². The van der Waals surface area contributed by atoms with Crippen LogP contribution in [0.1, 0.15) is 33.1 Å². The quantitative estimate of drug-likeness (QED) is 0.861. The summed E-state index contributed by atoms with van der Waals surface area (Å²) < 4.78 is 1.68. The molecule has 2 rings (SSSR count). The van der Waals surface area contributed by atoms with Crippen LogP contribution in [-0.4, -0.2) is 34.5 Å². The standard InChI is InChI=1S/C16H15N5O/c1-11-19-14(8-17)15(9-18)21(11)10-12-5-4-6-13(7-12)16(22)20(2)3/h4-7H,10H2,1-3H3. The maximum absolute atomic E-state index is 12.0. The third kappa shape index (κ3) is 2.82. The molecule has 0 saturated carbocycles. The molecule has 0 saturated heterocycles. The van der Waals surface area contributed by atoms with E-state index < -0.39 is 0 Å². The lowest BCUT2D eigenvalue weighted by Crippen LogP contribution is -2.21. The van der Waals surface area contributed by atoms with Gasteiger partial charge in [-0.2, -0.15) is 10.5 Å². The SMILES string of the molecule is Cc1nc(C#N)c(C#N)n1Cc1cccc(C(=O)N(C)C)c1. The normalized spacial score (nSPS) is 9.86. The molecule has 6 nitrogen and oxygen atoms in total. The zero-order valence-electron chi connectivity index (χ0n) is 12.7. The minimum atomic E-state index is -0.0811. The Morgan fingerprint density at radius 3 is 2.64 bits per heavy atom. The second kappa shape index (κ2) is 6.11. The Morgan fingerprint density at radius 2 is 2.05 bits per heavy atom. The molecule has 0 N–H and O–H groups in total. The summed E-state index contributed by atoms with van der Waals surface area (Å²) in [5.41, 5.74) is 1.82. The van der Waals surface area contributed by atoms with E-state index in [-0.39, 0.29) is 17.3 Å². The van der Waals surface area contributed by atoms with Crippen molar-refractivity contribution in [2.24, 2.45) is 0 Å². The second-order valence-electron chi connectivity index (χ2n) is 5.07. The van der Waals surface area contributed by atoms with Crippen LogP contribution < -0.4 is 0 Å². The van der Waals surface area contributed by atoms with Crippen molar-refractivity contribution in [2.75, 3.05) is 14.1 Å². The molecule has 0 radical (unpaired) electrons. The van der Waals surface area contributed by atoms with Gasteiger partial charge in [0.05, 0.1) is 6.54 Å². The van der Waals surface area contributed by atoms with Gasteiger partial charge in [-0.1, -0.05) is 12.1 Å². The van der Waals surface area contributed by atoms with Gasteiger partial charge in [0.1, 0.15) is 18.0 Å². The molecule has 0 bridgehead atoms. The summed E-state index contributed by atoms with van der Waals surface area (Å²) >= 11 is 0. The number of benzene rings is 1. The lowest BCUT2D eigenvalue weighted by molar-refractivity contribution is 0.0827. The highest BCUT2D eigenvalue weighted by Crippen LogP contribution is 2.15. The number of carbonyl (C=O) groups excluding carboxylic acids is 1. The van der Waals surface area contributed by atoms with E-state index in [4.69, 9.17) is 5.26 Å². The number of rotatable bonds is 3. The fraction of sp³-hybridized carbons (Fsp3) is 0.250. The minimum Gasteiger partial charge on any atom is -0.345 e. The molecule has 0 aliphatic rings. The largest absolute Gasteiger partial charge is 0.345 e. The average molecular weight is 293 g/mol. The van der Waals surface area contributed by atoms with E-state index in [0.29, 0.717) is 17.9 Å². The summed E-state index contributed by atoms with van der Waals surface area (Å²) in [5, 5.41) is 18.2. The number of aromatic nitrogens is 2. The number of carbonyl (C=O) groups is 1. The molecule has 1 aromatic heterocycles. The number of hydrogen-bond donors (Lipinski definition) is 0. The summed E-state index contributed by atoms with van der Waals surface area (Å²) in [6, 6.07) is 11.1. The summed E-state index contributed by atoms with van der Waals surface area (Å²) in [7, 11) is 3.39. The first-order valence-electron chi connectivity index (χ1n) is 6.65. The molecular weight excluding hydrogens is 278 g/mol. The van der Waals surface area contributed by atoms with Gasteiger partial charge < -0.3 is 9.47 Å². The number of nitrogens with zero attached hydrogens (tertiary/aromatic N) is 5. The smallest absolute Gasteiger partial charge is 0.253 e. The number of aryl methyl sites for hydroxylation is 1. The van der Waals surface area contributed by atoms with E-state index in [1.54, 1.807) is 43.8 Å². The number of nitriles is 2. The first kappa shape index (κ1) is 15.3. The van der Waals surface area contributed by atoms with Crippen molar-refractivity contribution in [1.82, 2.24) is 14.5 Å². The maximum Gasteiger partial charge on any atom is 0.253 e. The van der Waals surface area contributed by atoms with Crippen LogP contribution in [0.5, 0.6) is 0 Å². The predicted octanol–water partition coefficient (Wildman–Crippen LogP) is 1.68. The van der Waals surface area contributed by atoms with Crippen LogP contribution in [0, 0.1) is 29.6 Å². The third-order valence-corrected chi connectivity index (χ3v) is 3.29. The lowest BCUT2D eigenvalue weighted by Gasteiger charge is -2.12. The topological polar surface area (TPSA) is 85.7 Å². The monoisotopic (exact) mass is 293 g/mol. The second-order valence-corrected chi connectivity index (χ2v) is 5.07. The molecule has 0 atom stereocenters. The predicted molar refractivity (Wildman–Crippen MR) is 80.0 cm³/mol. The highest BCUT2D eigenvalue weighted by molar-refractivity contribution is 5.94. The Hall–Kier alpha value is -3.12. The van der Waals surface area contributed by atoms with Crippen LogP contribution in [0.25, 0.3) is 0 Å². The Kier molecular flexibility index (Phi) is 4.24. The van der Waals surface area contributed by atoms with Crippen molar-refractivity contribution < 1.29 is 4.79 Å². The molecular formula is C16H15N5O. The summed E-state index contributed by atoms with van der Waals surface area (Å²) in [5.74, 6) is 0.514. The van der Waals surface area contributed by atoms with E-state index in [2.05, 4.69) is 4.98 Å². The van der Waals surface area contributed by atoms with Gasteiger partial charge in [-0.05, 0) is 24.6 Å². The summed E-state index contributed by atoms with van der Waals surface area (Å²) in [4.78, 5) is 17.6. The molecule has 1 amide bonds. The Balaban J connectivity index is 2.39. The van der Waals surface area contributed by atoms with Crippen molar-refractivity contribution in [3.63, 3.8) is 0 Å². The van der Waals surface area contributed by atoms with Gasteiger partial charge in [0.15, 0.2) is 11.4 Å². The molecule has 0 unspecified atom stereocenters. The Labute approximate surface area is 128 Å². The van der Waals surface area contributed by atoms with Crippen LogP contribution >= 0.6 is 0 Å². The Bertz CT molecular complexity index is 805. The van der Waals surface area contributed by atoms with Crippen LogP contribution in [0.15, 0.2) is 24.3 Å². The van der Waals surface area contributed by atoms with Gasteiger partial charge in [0.25, 0.3) is 5.91 Å². The first-order chi connectivity index (χ1) is 10.5. The fourth-order valence-electron chi connectivity index (χ4n) is 2.19. The van der Waals surface area contributed by atoms with Crippen molar-refractivity contribution in [3.05, 3.63) is 52.6 Å². The van der Waals surface area contributed by atoms with Crippen molar-refractivity contribution in [1.29, 1.82) is 10.5 Å². The van der Waals surface area contributed by atoms with Crippen molar-refractivity contribution >= 4 is 5.91 Å². The number of hydrogen-bond acceptors (Lipinski definition) is 4. The van der Waals surface area contributed by atoms with E-state index in [1.165, 1.54) is 4.90 Å². The van der Waals surface area contributed by atoms with Gasteiger partial charge >= 0.3 is 0 Å². The van der Waals surface area contributed by atoms with E-state index in [9.17, 15) is 10.1 Å². The third-order valence-electron chi connectivity index (χ3n) is 3.29. The summed E-state index contributed by atoms with van der Waals surface area (Å²) in [6.45, 7) is 2.13. The fourth-order valence-corrected chi connectivity index (χ4v) is 2.19. The zero-order valence-corrected chi connectivity index (χ0v) is 12.7. The highest BCUT2D eigenvalue weighted by atomic mass is 16.2. The molecule has 1 heterocycles. The van der Waals surface area contributed by atoms with Gasteiger partial charge in [0, 0.05) is 19.7 Å². The van der Waals surface area contributed by atoms with Gasteiger partial charge in [-0.15, -0.1) is 0 Å². The zero-order chi connectivity index (χ0) is 16.3.